The number of carbonyl (C=O) groups is 3. The van der Waals surface area contributed by atoms with Crippen LogP contribution >= 0.6 is 0 Å². The molecule has 0 radical (unpaired) electrons. The lowest BCUT2D eigenvalue weighted by atomic mass is 9.91. The third kappa shape index (κ3) is 3.93. The predicted octanol–water partition coefficient (Wildman–Crippen LogP) is 2.84. The Bertz CT molecular complexity index is 1010. The number of ether oxygens (including phenoxy) is 2. The van der Waals surface area contributed by atoms with E-state index in [0.717, 1.165) is 23.3 Å². The standard InChI is InChI=1S/C23H25N3O5/c1-3-7-17(15-8-5-4-6-9-15)24-20(27)13-26-21(28)23(2,25-22(26)29)16-10-11-18-19(12-16)31-14-30-18/h4-6,8-12,17H,3,7,13-14H2,1-2H3,(H,24,27)(H,25,29)/t17-,23-/m0/s1. The van der Waals surface area contributed by atoms with Gasteiger partial charge in [0.15, 0.2) is 11.5 Å². The first-order valence-corrected chi connectivity index (χ1v) is 10.3. The van der Waals surface area contributed by atoms with E-state index in [1.165, 1.54) is 0 Å². The van der Waals surface area contributed by atoms with Crippen LogP contribution in [0.25, 0.3) is 0 Å². The predicted molar refractivity (Wildman–Crippen MR) is 112 cm³/mol. The van der Waals surface area contributed by atoms with Gasteiger partial charge in [0.25, 0.3) is 5.91 Å². The van der Waals surface area contributed by atoms with Crippen LogP contribution in [-0.4, -0.2) is 36.1 Å². The molecule has 0 aliphatic carbocycles. The van der Waals surface area contributed by atoms with E-state index in [0.29, 0.717) is 17.1 Å². The highest BCUT2D eigenvalue weighted by Gasteiger charge is 2.50. The summed E-state index contributed by atoms with van der Waals surface area (Å²) in [7, 11) is 0. The summed E-state index contributed by atoms with van der Waals surface area (Å²) >= 11 is 0. The molecule has 2 atom stereocenters. The third-order valence-corrected chi connectivity index (χ3v) is 5.64. The van der Waals surface area contributed by atoms with Crippen molar-refractivity contribution in [1.82, 2.24) is 15.5 Å². The fourth-order valence-corrected chi connectivity index (χ4v) is 3.92. The number of benzene rings is 2. The van der Waals surface area contributed by atoms with Crippen molar-refractivity contribution < 1.29 is 23.9 Å². The van der Waals surface area contributed by atoms with Crippen molar-refractivity contribution in [3.05, 3.63) is 59.7 Å². The molecule has 2 aromatic rings. The smallest absolute Gasteiger partial charge is 0.325 e. The number of fused-ring (bicyclic) bond motifs is 1. The van der Waals surface area contributed by atoms with Crippen molar-refractivity contribution in [2.75, 3.05) is 13.3 Å². The maximum absolute atomic E-state index is 13.1. The number of nitrogens with zero attached hydrogens (tertiary/aromatic N) is 1. The Morgan fingerprint density at radius 1 is 1.16 bits per heavy atom. The van der Waals surface area contributed by atoms with E-state index in [1.54, 1.807) is 25.1 Å². The van der Waals surface area contributed by atoms with Gasteiger partial charge < -0.3 is 20.1 Å². The first kappa shape index (κ1) is 20.7. The fourth-order valence-electron chi connectivity index (χ4n) is 3.92. The van der Waals surface area contributed by atoms with Crippen molar-refractivity contribution in [2.45, 2.75) is 38.3 Å². The maximum Gasteiger partial charge on any atom is 0.325 e. The summed E-state index contributed by atoms with van der Waals surface area (Å²) in [5.74, 6) is 0.226. The van der Waals surface area contributed by atoms with Crippen LogP contribution in [0.1, 0.15) is 43.9 Å². The second-order valence-corrected chi connectivity index (χ2v) is 7.83. The molecule has 2 heterocycles. The first-order chi connectivity index (χ1) is 14.9. The van der Waals surface area contributed by atoms with E-state index in [-0.39, 0.29) is 25.3 Å². The average Bonchev–Trinajstić information content (AvgIpc) is 3.32. The van der Waals surface area contributed by atoms with Crippen molar-refractivity contribution in [1.29, 1.82) is 0 Å². The first-order valence-electron chi connectivity index (χ1n) is 10.3. The Labute approximate surface area is 180 Å². The van der Waals surface area contributed by atoms with Crippen LogP contribution in [0.2, 0.25) is 0 Å². The van der Waals surface area contributed by atoms with E-state index >= 15 is 0 Å². The summed E-state index contributed by atoms with van der Waals surface area (Å²) in [6.07, 6.45) is 1.63. The summed E-state index contributed by atoms with van der Waals surface area (Å²) < 4.78 is 10.7. The van der Waals surface area contributed by atoms with E-state index in [9.17, 15) is 14.4 Å². The Hall–Kier alpha value is -3.55. The second-order valence-electron chi connectivity index (χ2n) is 7.83. The zero-order chi connectivity index (χ0) is 22.0. The molecule has 0 spiro atoms. The molecule has 2 aromatic carbocycles. The number of nitrogens with one attached hydrogen (secondary N) is 2. The van der Waals surface area contributed by atoms with Gasteiger partial charge in [0.2, 0.25) is 12.7 Å². The van der Waals surface area contributed by atoms with Crippen LogP contribution in [-0.2, 0) is 15.1 Å². The van der Waals surface area contributed by atoms with Crippen molar-refractivity contribution in [3.8, 4) is 11.5 Å². The SMILES string of the molecule is CCC[C@H](NC(=O)CN1C(=O)N[C@@](C)(c2ccc3c(c2)OCO3)C1=O)c1ccccc1. The van der Waals surface area contributed by atoms with Gasteiger partial charge in [-0.05, 0) is 36.6 Å². The summed E-state index contributed by atoms with van der Waals surface area (Å²) in [6.45, 7) is 3.42. The zero-order valence-corrected chi connectivity index (χ0v) is 17.5. The Morgan fingerprint density at radius 3 is 2.65 bits per heavy atom. The number of rotatable bonds is 7. The number of hydrogen-bond donors (Lipinski definition) is 2. The van der Waals surface area contributed by atoms with Gasteiger partial charge in [0, 0.05) is 0 Å². The number of imide groups is 1. The lowest BCUT2D eigenvalue weighted by Crippen LogP contribution is -2.43. The van der Waals surface area contributed by atoms with Gasteiger partial charge in [-0.2, -0.15) is 0 Å². The zero-order valence-electron chi connectivity index (χ0n) is 17.5. The molecule has 0 unspecified atom stereocenters. The van der Waals surface area contributed by atoms with Crippen molar-refractivity contribution in [3.63, 3.8) is 0 Å². The Balaban J connectivity index is 1.48. The molecule has 1 fully saturated rings. The highest BCUT2D eigenvalue weighted by molar-refractivity contribution is 6.09. The molecule has 8 nitrogen and oxygen atoms in total. The van der Waals surface area contributed by atoms with Crippen LogP contribution in [0.4, 0.5) is 4.79 Å². The van der Waals surface area contributed by atoms with Crippen LogP contribution in [0, 0.1) is 0 Å². The highest BCUT2D eigenvalue weighted by Crippen LogP contribution is 2.37. The number of amides is 4. The minimum atomic E-state index is -1.29. The minimum Gasteiger partial charge on any atom is -0.454 e. The topological polar surface area (TPSA) is 97.0 Å². The molecule has 0 saturated carbocycles. The van der Waals surface area contributed by atoms with Gasteiger partial charge in [0.05, 0.1) is 6.04 Å². The molecular weight excluding hydrogens is 398 g/mol. The Kier molecular flexibility index (Phi) is 5.54. The number of carbonyl (C=O) groups excluding carboxylic acids is 3. The van der Waals surface area contributed by atoms with Crippen molar-refractivity contribution in [2.24, 2.45) is 0 Å². The maximum atomic E-state index is 13.1. The molecular formula is C23H25N3O5. The van der Waals surface area contributed by atoms with Crippen LogP contribution < -0.4 is 20.1 Å². The number of hydrogen-bond acceptors (Lipinski definition) is 5. The summed E-state index contributed by atoms with van der Waals surface area (Å²) in [5.41, 5.74) is 0.256. The summed E-state index contributed by atoms with van der Waals surface area (Å²) in [4.78, 5) is 39.4. The molecule has 4 rings (SSSR count). The van der Waals surface area contributed by atoms with Gasteiger partial charge in [0.1, 0.15) is 12.1 Å². The molecule has 2 aliphatic heterocycles. The van der Waals surface area contributed by atoms with E-state index in [4.69, 9.17) is 9.47 Å². The molecule has 162 valence electrons. The molecule has 31 heavy (non-hydrogen) atoms. The van der Waals surface area contributed by atoms with Crippen molar-refractivity contribution >= 4 is 17.8 Å². The second kappa shape index (κ2) is 8.29. The normalized spacial score (nSPS) is 20.5. The third-order valence-electron chi connectivity index (χ3n) is 5.64. The molecule has 2 aliphatic rings. The monoisotopic (exact) mass is 423 g/mol. The van der Waals surface area contributed by atoms with Gasteiger partial charge in [-0.3, -0.25) is 14.5 Å². The Morgan fingerprint density at radius 2 is 1.90 bits per heavy atom. The molecule has 4 amide bonds. The van der Waals surface area contributed by atoms with Gasteiger partial charge in [-0.25, -0.2) is 4.79 Å². The van der Waals surface area contributed by atoms with Crippen LogP contribution in [0.15, 0.2) is 48.5 Å². The quantitative estimate of drug-likeness (QED) is 0.668. The van der Waals surface area contributed by atoms with Gasteiger partial charge in [-0.1, -0.05) is 49.7 Å². The van der Waals surface area contributed by atoms with Gasteiger partial charge in [-0.15, -0.1) is 0 Å². The lowest BCUT2D eigenvalue weighted by molar-refractivity contribution is -0.135. The van der Waals surface area contributed by atoms with E-state index in [2.05, 4.69) is 10.6 Å². The molecule has 1 saturated heterocycles. The highest BCUT2D eigenvalue weighted by atomic mass is 16.7. The van der Waals surface area contributed by atoms with E-state index < -0.39 is 17.5 Å². The molecule has 2 N–H and O–H groups in total. The fraction of sp³-hybridized carbons (Fsp3) is 0.348. The van der Waals surface area contributed by atoms with Crippen LogP contribution in [0.5, 0.6) is 11.5 Å². The number of urea groups is 1. The van der Waals surface area contributed by atoms with E-state index in [1.807, 2.05) is 37.3 Å². The van der Waals surface area contributed by atoms with Crippen LogP contribution in [0.3, 0.4) is 0 Å². The molecule has 0 aromatic heterocycles. The molecule has 0 bridgehead atoms. The molecule has 8 heteroatoms. The average molecular weight is 423 g/mol. The van der Waals surface area contributed by atoms with Gasteiger partial charge >= 0.3 is 6.03 Å². The lowest BCUT2D eigenvalue weighted by Gasteiger charge is -2.23. The largest absolute Gasteiger partial charge is 0.454 e. The minimum absolute atomic E-state index is 0.114. The summed E-state index contributed by atoms with van der Waals surface area (Å²) in [5, 5.41) is 5.67. The summed E-state index contributed by atoms with van der Waals surface area (Å²) in [6, 6.07) is 13.9.